The van der Waals surface area contributed by atoms with E-state index in [0.717, 1.165) is 6.42 Å². The van der Waals surface area contributed by atoms with Crippen LogP contribution in [-0.4, -0.2) is 45.0 Å². The number of ether oxygens (including phenoxy) is 2. The van der Waals surface area contributed by atoms with E-state index in [1.165, 1.54) is 6.26 Å². The molecular formula is C9H17NO4S. The molecule has 0 radical (unpaired) electrons. The zero-order valence-electron chi connectivity index (χ0n) is 8.81. The van der Waals surface area contributed by atoms with Crippen molar-refractivity contribution in [1.29, 1.82) is 0 Å². The molecule has 3 atom stereocenters. The molecule has 2 rings (SSSR count). The van der Waals surface area contributed by atoms with Gasteiger partial charge in [-0.25, -0.2) is 8.42 Å². The topological polar surface area (TPSA) is 78.6 Å². The molecular weight excluding hydrogens is 218 g/mol. The van der Waals surface area contributed by atoms with Gasteiger partial charge in [-0.05, 0) is 12.8 Å². The fourth-order valence-corrected chi connectivity index (χ4v) is 3.94. The molecule has 1 saturated carbocycles. The highest BCUT2D eigenvalue weighted by Gasteiger charge is 2.54. The first-order chi connectivity index (χ1) is 6.98. The Kier molecular flexibility index (Phi) is 2.79. The molecule has 1 spiro atoms. The smallest absolute Gasteiger partial charge is 0.185 e. The van der Waals surface area contributed by atoms with Gasteiger partial charge in [-0.3, -0.25) is 0 Å². The molecule has 2 fully saturated rings. The molecule has 3 unspecified atom stereocenters. The summed E-state index contributed by atoms with van der Waals surface area (Å²) in [7, 11) is -3.12. The number of sulfone groups is 1. The maximum Gasteiger partial charge on any atom is 0.185 e. The van der Waals surface area contributed by atoms with Crippen molar-refractivity contribution in [3.8, 4) is 0 Å². The average molecular weight is 235 g/mol. The number of hydrogen-bond acceptors (Lipinski definition) is 5. The number of rotatable bonds is 2. The minimum Gasteiger partial charge on any atom is -0.346 e. The summed E-state index contributed by atoms with van der Waals surface area (Å²) in [6, 6.07) is 0. The third kappa shape index (κ3) is 1.91. The summed E-state index contributed by atoms with van der Waals surface area (Å²) in [4.78, 5) is 0. The molecule has 0 bridgehead atoms. The highest BCUT2D eigenvalue weighted by molar-refractivity contribution is 7.91. The Bertz CT molecular complexity index is 342. The first-order valence-electron chi connectivity index (χ1n) is 5.19. The number of nitrogens with two attached hydrogens (primary N) is 1. The zero-order chi connectivity index (χ0) is 11.1. The lowest BCUT2D eigenvalue weighted by atomic mass is 10.2. The van der Waals surface area contributed by atoms with Crippen molar-refractivity contribution < 1.29 is 17.9 Å². The van der Waals surface area contributed by atoms with Gasteiger partial charge in [-0.1, -0.05) is 0 Å². The zero-order valence-corrected chi connectivity index (χ0v) is 9.63. The Morgan fingerprint density at radius 1 is 1.53 bits per heavy atom. The van der Waals surface area contributed by atoms with Crippen molar-refractivity contribution >= 4 is 9.84 Å². The second-order valence-corrected chi connectivity index (χ2v) is 6.54. The molecule has 0 aromatic rings. The van der Waals surface area contributed by atoms with Gasteiger partial charge in [0.2, 0.25) is 0 Å². The van der Waals surface area contributed by atoms with Crippen molar-refractivity contribution in [1.82, 2.24) is 0 Å². The largest absolute Gasteiger partial charge is 0.346 e. The van der Waals surface area contributed by atoms with Crippen molar-refractivity contribution in [2.75, 3.05) is 19.4 Å². The quantitative estimate of drug-likeness (QED) is 0.708. The summed E-state index contributed by atoms with van der Waals surface area (Å²) in [6.07, 6.45) is 3.19. The Morgan fingerprint density at radius 2 is 2.27 bits per heavy atom. The predicted octanol–water partition coefficient (Wildman–Crippen LogP) is -0.346. The fraction of sp³-hybridized carbons (Fsp3) is 1.00. The molecule has 2 N–H and O–H groups in total. The van der Waals surface area contributed by atoms with E-state index in [2.05, 4.69) is 0 Å². The van der Waals surface area contributed by atoms with Gasteiger partial charge in [0.15, 0.2) is 15.6 Å². The van der Waals surface area contributed by atoms with Gasteiger partial charge >= 0.3 is 0 Å². The third-order valence-electron chi connectivity index (χ3n) is 3.14. The minimum atomic E-state index is -3.12. The lowest BCUT2D eigenvalue weighted by molar-refractivity contribution is -0.157. The van der Waals surface area contributed by atoms with Crippen LogP contribution in [0.2, 0.25) is 0 Å². The average Bonchev–Trinajstić information content (AvgIpc) is 2.73. The molecule has 0 aromatic heterocycles. The predicted molar refractivity (Wildman–Crippen MR) is 55.1 cm³/mol. The maximum atomic E-state index is 11.6. The Morgan fingerprint density at radius 3 is 2.80 bits per heavy atom. The summed E-state index contributed by atoms with van der Waals surface area (Å²) in [6.45, 7) is 0.779. The van der Waals surface area contributed by atoms with Crippen molar-refractivity contribution in [3.05, 3.63) is 0 Å². The Balaban J connectivity index is 2.21. The SMILES string of the molecule is CS(=O)(=O)C1CCCC12OCC(CN)O2. The van der Waals surface area contributed by atoms with Gasteiger partial charge in [0, 0.05) is 19.2 Å². The van der Waals surface area contributed by atoms with Crippen molar-refractivity contribution in [2.24, 2.45) is 5.73 Å². The van der Waals surface area contributed by atoms with Gasteiger partial charge in [0.25, 0.3) is 0 Å². The summed E-state index contributed by atoms with van der Waals surface area (Å²) < 4.78 is 34.4. The van der Waals surface area contributed by atoms with Gasteiger partial charge in [0.05, 0.1) is 12.7 Å². The standard InChI is InChI=1S/C9H17NO4S/c1-15(11,12)8-3-2-4-9(8)13-6-7(5-10)14-9/h7-8H,2-6,10H2,1H3. The maximum absolute atomic E-state index is 11.6. The first-order valence-corrected chi connectivity index (χ1v) is 7.14. The van der Waals surface area contributed by atoms with Crippen LogP contribution in [0, 0.1) is 0 Å². The lowest BCUT2D eigenvalue weighted by Gasteiger charge is -2.28. The number of hydrogen-bond donors (Lipinski definition) is 1. The van der Waals surface area contributed by atoms with Crippen LogP contribution in [0.25, 0.3) is 0 Å². The molecule has 88 valence electrons. The second kappa shape index (κ2) is 3.69. The van der Waals surface area contributed by atoms with Crippen LogP contribution in [-0.2, 0) is 19.3 Å². The van der Waals surface area contributed by atoms with Crippen LogP contribution in [0.3, 0.4) is 0 Å². The van der Waals surface area contributed by atoms with E-state index in [9.17, 15) is 8.42 Å². The summed E-state index contributed by atoms with van der Waals surface area (Å²) in [5.74, 6) is -0.905. The van der Waals surface area contributed by atoms with E-state index in [4.69, 9.17) is 15.2 Å². The van der Waals surface area contributed by atoms with Crippen LogP contribution < -0.4 is 5.73 Å². The summed E-state index contributed by atoms with van der Waals surface area (Å²) in [5.41, 5.74) is 5.48. The summed E-state index contributed by atoms with van der Waals surface area (Å²) >= 11 is 0. The molecule has 0 aromatic carbocycles. The van der Waals surface area contributed by atoms with Crippen molar-refractivity contribution in [3.63, 3.8) is 0 Å². The van der Waals surface area contributed by atoms with Crippen LogP contribution in [0.4, 0.5) is 0 Å². The Labute approximate surface area is 89.8 Å². The van der Waals surface area contributed by atoms with Gasteiger partial charge < -0.3 is 15.2 Å². The van der Waals surface area contributed by atoms with Crippen LogP contribution in [0.1, 0.15) is 19.3 Å². The van der Waals surface area contributed by atoms with E-state index < -0.39 is 20.9 Å². The highest BCUT2D eigenvalue weighted by Crippen LogP contribution is 2.42. The van der Waals surface area contributed by atoms with Crippen LogP contribution in [0.15, 0.2) is 0 Å². The molecule has 15 heavy (non-hydrogen) atoms. The fourth-order valence-electron chi connectivity index (χ4n) is 2.46. The van der Waals surface area contributed by atoms with E-state index in [-0.39, 0.29) is 6.10 Å². The molecule has 1 aliphatic heterocycles. The minimum absolute atomic E-state index is 0.160. The van der Waals surface area contributed by atoms with Crippen LogP contribution >= 0.6 is 0 Å². The van der Waals surface area contributed by atoms with Gasteiger partial charge in [-0.15, -0.1) is 0 Å². The molecule has 1 aliphatic carbocycles. The van der Waals surface area contributed by atoms with Crippen LogP contribution in [0.5, 0.6) is 0 Å². The monoisotopic (exact) mass is 235 g/mol. The van der Waals surface area contributed by atoms with Gasteiger partial charge in [-0.2, -0.15) is 0 Å². The normalized spacial score (nSPS) is 41.5. The lowest BCUT2D eigenvalue weighted by Crippen LogP contribution is -2.44. The Hall–Kier alpha value is -0.170. The molecule has 5 nitrogen and oxygen atoms in total. The summed E-state index contributed by atoms with van der Waals surface area (Å²) in [5, 5.41) is -0.526. The van der Waals surface area contributed by atoms with Crippen molar-refractivity contribution in [2.45, 2.75) is 36.4 Å². The molecule has 1 heterocycles. The van der Waals surface area contributed by atoms with E-state index in [0.29, 0.717) is 26.0 Å². The van der Waals surface area contributed by atoms with Gasteiger partial charge in [0.1, 0.15) is 5.25 Å². The second-order valence-electron chi connectivity index (χ2n) is 4.31. The molecule has 0 amide bonds. The molecule has 1 saturated heterocycles. The third-order valence-corrected chi connectivity index (χ3v) is 4.77. The molecule has 6 heteroatoms. The molecule has 2 aliphatic rings. The van der Waals surface area contributed by atoms with E-state index >= 15 is 0 Å². The first kappa shape index (κ1) is 11.3. The highest BCUT2D eigenvalue weighted by atomic mass is 32.2. The van der Waals surface area contributed by atoms with E-state index in [1.54, 1.807) is 0 Å². The van der Waals surface area contributed by atoms with E-state index in [1.807, 2.05) is 0 Å².